The first-order valence-electron chi connectivity index (χ1n) is 5.11. The monoisotopic (exact) mass is 278 g/mol. The number of rotatable bonds is 3. The second kappa shape index (κ2) is 7.48. The first-order chi connectivity index (χ1) is 7.25. The van der Waals surface area contributed by atoms with Gasteiger partial charge >= 0.3 is 5.97 Å². The quantitative estimate of drug-likeness (QED) is 0.880. The maximum absolute atomic E-state index is 10.7. The van der Waals surface area contributed by atoms with Crippen LogP contribution in [-0.2, 0) is 11.2 Å². The third-order valence-electron chi connectivity index (χ3n) is 2.79. The summed E-state index contributed by atoms with van der Waals surface area (Å²) in [4.78, 5) is 14.7. The molecule has 2 atom stereocenters. The average Bonchev–Trinajstić information content (AvgIpc) is 2.68. The molecule has 0 aliphatic carbocycles. The van der Waals surface area contributed by atoms with Crippen LogP contribution in [0.4, 0.5) is 0 Å². The Bertz CT molecular complexity index is 349. The van der Waals surface area contributed by atoms with Crippen molar-refractivity contribution in [2.45, 2.75) is 18.9 Å². The number of hydrogen-bond donors (Lipinski definition) is 2. The Morgan fingerprint density at radius 3 is 2.59 bits per heavy atom. The second-order valence-electron chi connectivity index (χ2n) is 3.96. The van der Waals surface area contributed by atoms with Crippen LogP contribution in [0.3, 0.4) is 0 Å². The Hall–Kier alpha value is -0.840. The van der Waals surface area contributed by atoms with Crippen molar-refractivity contribution in [3.05, 3.63) is 30.1 Å². The summed E-state index contributed by atoms with van der Waals surface area (Å²) in [5.41, 5.74) is 1.22. The molecule has 2 unspecified atom stereocenters. The lowest BCUT2D eigenvalue weighted by Crippen LogP contribution is -2.29. The molecule has 0 bridgehead atoms. The molecule has 0 aromatic carbocycles. The lowest BCUT2D eigenvalue weighted by molar-refractivity contribution is -0.139. The maximum atomic E-state index is 10.7. The smallest absolute Gasteiger partial charge is 0.320 e. The lowest BCUT2D eigenvalue weighted by atomic mass is 9.97. The molecule has 17 heavy (non-hydrogen) atoms. The summed E-state index contributed by atoms with van der Waals surface area (Å²) in [5, 5.41) is 11.8. The van der Waals surface area contributed by atoms with Crippen molar-refractivity contribution in [3.8, 4) is 0 Å². The Balaban J connectivity index is 0.00000128. The Morgan fingerprint density at radius 1 is 1.41 bits per heavy atom. The first-order valence-corrected chi connectivity index (χ1v) is 5.11. The lowest BCUT2D eigenvalue weighted by Gasteiger charge is -2.07. The van der Waals surface area contributed by atoms with Gasteiger partial charge in [0.05, 0.1) is 0 Å². The zero-order chi connectivity index (χ0) is 10.7. The Kier molecular flexibility index (Phi) is 7.11. The van der Waals surface area contributed by atoms with E-state index in [-0.39, 0.29) is 30.9 Å². The van der Waals surface area contributed by atoms with Gasteiger partial charge in [0.2, 0.25) is 0 Å². The van der Waals surface area contributed by atoms with E-state index in [0.717, 1.165) is 19.4 Å². The number of pyridine rings is 1. The van der Waals surface area contributed by atoms with Crippen LogP contribution in [0.25, 0.3) is 0 Å². The summed E-state index contributed by atoms with van der Waals surface area (Å²) < 4.78 is 0. The van der Waals surface area contributed by atoms with Gasteiger partial charge in [-0.2, -0.15) is 0 Å². The molecule has 2 N–H and O–H groups in total. The van der Waals surface area contributed by atoms with Crippen molar-refractivity contribution >= 4 is 30.8 Å². The molecule has 1 aliphatic rings. The van der Waals surface area contributed by atoms with Crippen LogP contribution in [0.2, 0.25) is 0 Å². The average molecular weight is 279 g/mol. The van der Waals surface area contributed by atoms with E-state index in [1.165, 1.54) is 5.56 Å². The number of aromatic nitrogens is 1. The molecule has 1 aromatic heterocycles. The van der Waals surface area contributed by atoms with E-state index >= 15 is 0 Å². The molecule has 0 spiro atoms. The third kappa shape index (κ3) is 4.50. The van der Waals surface area contributed by atoms with Crippen LogP contribution < -0.4 is 5.32 Å². The van der Waals surface area contributed by atoms with Gasteiger partial charge in [-0.25, -0.2) is 0 Å². The van der Waals surface area contributed by atoms with Crippen molar-refractivity contribution in [2.24, 2.45) is 5.92 Å². The molecule has 1 aromatic rings. The van der Waals surface area contributed by atoms with Crippen molar-refractivity contribution in [3.63, 3.8) is 0 Å². The standard InChI is InChI=1S/C11H14N2O2.2ClH/c14-11(15)10-6-9(7-13-10)5-8-1-3-12-4-2-8;;/h1-4,9-10,13H,5-7H2,(H,14,15);2*1H. The van der Waals surface area contributed by atoms with Crippen LogP contribution in [0, 0.1) is 5.92 Å². The van der Waals surface area contributed by atoms with Crippen LogP contribution in [0.5, 0.6) is 0 Å². The SMILES string of the molecule is Cl.Cl.O=C(O)C1CC(Cc2ccncc2)CN1. The number of halogens is 2. The molecule has 2 heterocycles. The molecule has 2 rings (SSSR count). The van der Waals surface area contributed by atoms with E-state index in [1.54, 1.807) is 12.4 Å². The van der Waals surface area contributed by atoms with Gasteiger partial charge < -0.3 is 10.4 Å². The molecular weight excluding hydrogens is 263 g/mol. The van der Waals surface area contributed by atoms with Gasteiger partial charge in [0.25, 0.3) is 0 Å². The Labute approximate surface area is 113 Å². The minimum Gasteiger partial charge on any atom is -0.480 e. The van der Waals surface area contributed by atoms with Crippen LogP contribution in [0.1, 0.15) is 12.0 Å². The van der Waals surface area contributed by atoms with Gasteiger partial charge in [-0.15, -0.1) is 24.8 Å². The molecule has 1 fully saturated rings. The Morgan fingerprint density at radius 2 is 2.06 bits per heavy atom. The summed E-state index contributed by atoms with van der Waals surface area (Å²) in [6, 6.07) is 3.60. The maximum Gasteiger partial charge on any atom is 0.320 e. The highest BCUT2D eigenvalue weighted by molar-refractivity contribution is 5.85. The number of aliphatic carboxylic acids is 1. The number of nitrogens with one attached hydrogen (secondary N) is 1. The molecule has 0 radical (unpaired) electrons. The second-order valence-corrected chi connectivity index (χ2v) is 3.96. The first kappa shape index (κ1) is 16.2. The topological polar surface area (TPSA) is 62.2 Å². The predicted molar refractivity (Wildman–Crippen MR) is 70.0 cm³/mol. The highest BCUT2D eigenvalue weighted by Crippen LogP contribution is 2.18. The van der Waals surface area contributed by atoms with Crippen molar-refractivity contribution < 1.29 is 9.90 Å². The fraction of sp³-hybridized carbons (Fsp3) is 0.455. The number of carboxylic acids is 1. The van der Waals surface area contributed by atoms with Crippen molar-refractivity contribution in [1.82, 2.24) is 10.3 Å². The largest absolute Gasteiger partial charge is 0.480 e. The molecule has 6 heteroatoms. The molecular formula is C11H16Cl2N2O2. The number of hydrogen-bond acceptors (Lipinski definition) is 3. The van der Waals surface area contributed by atoms with E-state index in [9.17, 15) is 4.79 Å². The molecule has 1 saturated heterocycles. The van der Waals surface area contributed by atoms with E-state index in [1.807, 2.05) is 12.1 Å². The molecule has 0 saturated carbocycles. The molecule has 0 amide bonds. The van der Waals surface area contributed by atoms with Crippen LogP contribution in [0.15, 0.2) is 24.5 Å². The molecule has 1 aliphatic heterocycles. The highest BCUT2D eigenvalue weighted by Gasteiger charge is 2.28. The van der Waals surface area contributed by atoms with Gasteiger partial charge in [-0.1, -0.05) is 0 Å². The predicted octanol–water partition coefficient (Wildman–Crippen LogP) is 1.53. The number of carboxylic acid groups (broad SMARTS) is 1. The van der Waals surface area contributed by atoms with Crippen molar-refractivity contribution in [1.29, 1.82) is 0 Å². The van der Waals surface area contributed by atoms with Gasteiger partial charge in [-0.05, 0) is 43.0 Å². The molecule has 4 nitrogen and oxygen atoms in total. The zero-order valence-corrected chi connectivity index (χ0v) is 10.8. The van der Waals surface area contributed by atoms with Crippen LogP contribution in [-0.4, -0.2) is 28.6 Å². The summed E-state index contributed by atoms with van der Waals surface area (Å²) in [6.07, 6.45) is 5.19. The van der Waals surface area contributed by atoms with Gasteiger partial charge in [-0.3, -0.25) is 9.78 Å². The summed E-state index contributed by atoms with van der Waals surface area (Å²) in [6.45, 7) is 0.791. The van der Waals surface area contributed by atoms with E-state index in [2.05, 4.69) is 10.3 Å². The molecule has 96 valence electrons. The summed E-state index contributed by atoms with van der Waals surface area (Å²) in [5.74, 6) is -0.319. The highest BCUT2D eigenvalue weighted by atomic mass is 35.5. The van der Waals surface area contributed by atoms with Crippen molar-refractivity contribution in [2.75, 3.05) is 6.54 Å². The number of nitrogens with zero attached hydrogens (tertiary/aromatic N) is 1. The summed E-state index contributed by atoms with van der Waals surface area (Å²) >= 11 is 0. The normalized spacial score (nSPS) is 22.4. The third-order valence-corrected chi connectivity index (χ3v) is 2.79. The van der Waals surface area contributed by atoms with E-state index in [4.69, 9.17) is 5.11 Å². The minimum atomic E-state index is -0.743. The fourth-order valence-electron chi connectivity index (χ4n) is 2.00. The fourth-order valence-corrected chi connectivity index (χ4v) is 2.00. The van der Waals surface area contributed by atoms with E-state index in [0.29, 0.717) is 5.92 Å². The van der Waals surface area contributed by atoms with E-state index < -0.39 is 5.97 Å². The number of carbonyl (C=O) groups is 1. The van der Waals surface area contributed by atoms with Gasteiger partial charge in [0, 0.05) is 12.4 Å². The zero-order valence-electron chi connectivity index (χ0n) is 9.20. The minimum absolute atomic E-state index is 0. The van der Waals surface area contributed by atoms with Gasteiger partial charge in [0.1, 0.15) is 6.04 Å². The summed E-state index contributed by atoms with van der Waals surface area (Å²) in [7, 11) is 0. The van der Waals surface area contributed by atoms with Gasteiger partial charge in [0.15, 0.2) is 0 Å². The van der Waals surface area contributed by atoms with Crippen LogP contribution >= 0.6 is 24.8 Å².